The number of unbranched alkanes of at least 4 members (excludes halogenated alkanes) is 3. The fraction of sp³-hybridized carbons (Fsp3) is 0.400. The first kappa shape index (κ1) is 25.2. The van der Waals surface area contributed by atoms with Gasteiger partial charge < -0.3 is 10.4 Å². The molecule has 0 aliphatic heterocycles. The molecular weight excluding hydrogens is 408 g/mol. The normalized spacial score (nSPS) is 11.7. The molecule has 2 aromatic rings. The van der Waals surface area contributed by atoms with Crippen LogP contribution in [0.3, 0.4) is 0 Å². The maximum atomic E-state index is 12.3. The van der Waals surface area contributed by atoms with E-state index in [9.17, 15) is 19.5 Å². The van der Waals surface area contributed by atoms with Gasteiger partial charge in [-0.1, -0.05) is 67.4 Å². The molecule has 0 aromatic heterocycles. The molecule has 0 fully saturated rings. The van der Waals surface area contributed by atoms with Crippen molar-refractivity contribution in [3.05, 3.63) is 71.3 Å². The van der Waals surface area contributed by atoms with Crippen LogP contribution < -0.4 is 10.8 Å². The molecule has 2 rings (SSSR count). The van der Waals surface area contributed by atoms with E-state index < -0.39 is 12.0 Å². The molecule has 0 aliphatic carbocycles. The Labute approximate surface area is 188 Å². The van der Waals surface area contributed by atoms with Crippen molar-refractivity contribution in [3.8, 4) is 0 Å². The Bertz CT molecular complexity index is 870. The maximum absolute atomic E-state index is 12.3. The van der Waals surface area contributed by atoms with Gasteiger partial charge in [-0.2, -0.15) is 0 Å². The monoisotopic (exact) mass is 440 g/mol. The minimum absolute atomic E-state index is 0.163. The number of benzene rings is 2. The lowest BCUT2D eigenvalue weighted by molar-refractivity contribution is -0.139. The fourth-order valence-electron chi connectivity index (χ4n) is 3.52. The van der Waals surface area contributed by atoms with Crippen molar-refractivity contribution in [2.24, 2.45) is 0 Å². The smallest absolute Gasteiger partial charge is 0.321 e. The second-order valence-corrected chi connectivity index (χ2v) is 7.95. The third kappa shape index (κ3) is 9.85. The molecule has 7 heteroatoms. The van der Waals surface area contributed by atoms with E-state index in [0.717, 1.165) is 36.0 Å². The first-order valence-electron chi connectivity index (χ1n) is 11.0. The van der Waals surface area contributed by atoms with Gasteiger partial charge in [-0.05, 0) is 36.0 Å². The van der Waals surface area contributed by atoms with Gasteiger partial charge in [-0.25, -0.2) is 5.48 Å². The third-order valence-electron chi connectivity index (χ3n) is 5.26. The molecule has 32 heavy (non-hydrogen) atoms. The highest BCUT2D eigenvalue weighted by molar-refractivity contribution is 5.80. The van der Waals surface area contributed by atoms with Crippen LogP contribution in [0.2, 0.25) is 0 Å². The lowest BCUT2D eigenvalue weighted by Gasteiger charge is -2.15. The molecule has 0 radical (unpaired) electrons. The Morgan fingerprint density at radius 3 is 2.16 bits per heavy atom. The number of hydrogen-bond donors (Lipinski definition) is 4. The average Bonchev–Trinajstić information content (AvgIpc) is 2.79. The highest BCUT2D eigenvalue weighted by Gasteiger charge is 2.17. The molecule has 0 saturated carbocycles. The van der Waals surface area contributed by atoms with Gasteiger partial charge in [0.2, 0.25) is 5.91 Å². The first-order chi connectivity index (χ1) is 15.5. The largest absolute Gasteiger partial charge is 0.480 e. The summed E-state index contributed by atoms with van der Waals surface area (Å²) >= 11 is 0. The van der Waals surface area contributed by atoms with Crippen LogP contribution in [0, 0.1) is 0 Å². The summed E-state index contributed by atoms with van der Waals surface area (Å²) in [6.45, 7) is 0.410. The molecule has 4 N–H and O–H groups in total. The number of ketones is 1. The standard InChI is InChI=1S/C25H32N2O5/c28-22(13-6-1-2-7-14-24(29)27-32)16-20-11-8-12-21(15-20)18-26-23(25(30)31)17-19-9-4-3-5-10-19/h3-5,8-12,15,23,26,32H,1-2,6-7,13-14,16-18H2,(H,27,29)(H,30,31)/t23-/m0/s1. The van der Waals surface area contributed by atoms with Crippen LogP contribution in [-0.2, 0) is 33.8 Å². The highest BCUT2D eigenvalue weighted by atomic mass is 16.5. The number of aliphatic carboxylic acids is 1. The lowest BCUT2D eigenvalue weighted by atomic mass is 10.0. The van der Waals surface area contributed by atoms with Gasteiger partial charge >= 0.3 is 5.97 Å². The molecule has 172 valence electrons. The topological polar surface area (TPSA) is 116 Å². The zero-order valence-corrected chi connectivity index (χ0v) is 18.3. The molecule has 0 heterocycles. The number of hydrogen-bond acceptors (Lipinski definition) is 5. The van der Waals surface area contributed by atoms with Crippen molar-refractivity contribution in [1.82, 2.24) is 10.8 Å². The molecule has 0 unspecified atom stereocenters. The minimum Gasteiger partial charge on any atom is -0.480 e. The van der Waals surface area contributed by atoms with E-state index >= 15 is 0 Å². The molecule has 1 atom stereocenters. The number of rotatable bonds is 15. The van der Waals surface area contributed by atoms with E-state index in [1.165, 1.54) is 0 Å². The van der Waals surface area contributed by atoms with Crippen molar-refractivity contribution < 1.29 is 24.7 Å². The van der Waals surface area contributed by atoms with Crippen LogP contribution in [0.25, 0.3) is 0 Å². The number of carboxylic acids is 1. The molecule has 1 amide bonds. The number of amides is 1. The second-order valence-electron chi connectivity index (χ2n) is 7.95. The van der Waals surface area contributed by atoms with Gasteiger partial charge in [0, 0.05) is 25.8 Å². The minimum atomic E-state index is -0.892. The number of nitrogens with one attached hydrogen (secondary N) is 2. The summed E-state index contributed by atoms with van der Waals surface area (Å²) in [5.74, 6) is -1.11. The third-order valence-corrected chi connectivity index (χ3v) is 5.26. The van der Waals surface area contributed by atoms with Gasteiger partial charge in [-0.3, -0.25) is 19.6 Å². The van der Waals surface area contributed by atoms with Crippen LogP contribution in [0.1, 0.15) is 55.2 Å². The van der Waals surface area contributed by atoms with Crippen LogP contribution in [0.15, 0.2) is 54.6 Å². The number of carbonyl (C=O) groups excluding carboxylic acids is 2. The molecule has 0 aliphatic rings. The Balaban J connectivity index is 1.75. The maximum Gasteiger partial charge on any atom is 0.321 e. The summed E-state index contributed by atoms with van der Waals surface area (Å²) < 4.78 is 0. The van der Waals surface area contributed by atoms with Crippen molar-refractivity contribution in [1.29, 1.82) is 0 Å². The highest BCUT2D eigenvalue weighted by Crippen LogP contribution is 2.11. The summed E-state index contributed by atoms with van der Waals surface area (Å²) in [5.41, 5.74) is 4.43. The number of carbonyl (C=O) groups is 3. The fourth-order valence-corrected chi connectivity index (χ4v) is 3.52. The van der Waals surface area contributed by atoms with Crippen LogP contribution >= 0.6 is 0 Å². The van der Waals surface area contributed by atoms with Crippen molar-refractivity contribution in [2.45, 2.75) is 64.0 Å². The van der Waals surface area contributed by atoms with Crippen molar-refractivity contribution in [2.75, 3.05) is 0 Å². The van der Waals surface area contributed by atoms with E-state index in [4.69, 9.17) is 5.21 Å². The van der Waals surface area contributed by atoms with Crippen LogP contribution in [0.4, 0.5) is 0 Å². The van der Waals surface area contributed by atoms with Crippen LogP contribution in [0.5, 0.6) is 0 Å². The van der Waals surface area contributed by atoms with Gasteiger partial charge in [0.05, 0.1) is 0 Å². The summed E-state index contributed by atoms with van der Waals surface area (Å²) in [6.07, 6.45) is 4.72. The van der Waals surface area contributed by atoms with Crippen molar-refractivity contribution in [3.63, 3.8) is 0 Å². The molecule has 7 nitrogen and oxygen atoms in total. The van der Waals surface area contributed by atoms with E-state index in [0.29, 0.717) is 38.6 Å². The van der Waals surface area contributed by atoms with E-state index in [1.807, 2.05) is 54.6 Å². The summed E-state index contributed by atoms with van der Waals surface area (Å²) in [7, 11) is 0. The van der Waals surface area contributed by atoms with Gasteiger partial charge in [-0.15, -0.1) is 0 Å². The van der Waals surface area contributed by atoms with Gasteiger partial charge in [0.1, 0.15) is 11.8 Å². The van der Waals surface area contributed by atoms with E-state index in [1.54, 1.807) is 5.48 Å². The Morgan fingerprint density at radius 1 is 0.812 bits per heavy atom. The number of Topliss-reactive ketones (excluding diaryl/α,β-unsaturated/α-hetero) is 1. The zero-order chi connectivity index (χ0) is 23.2. The molecule has 0 saturated heterocycles. The number of carboxylic acid groups (broad SMARTS) is 1. The average molecular weight is 441 g/mol. The van der Waals surface area contributed by atoms with Crippen LogP contribution in [-0.4, -0.2) is 34.0 Å². The first-order valence-corrected chi connectivity index (χ1v) is 11.0. The summed E-state index contributed by atoms with van der Waals surface area (Å²) in [6, 6.07) is 16.5. The van der Waals surface area contributed by atoms with Gasteiger partial charge in [0.25, 0.3) is 0 Å². The van der Waals surface area contributed by atoms with Gasteiger partial charge in [0.15, 0.2) is 0 Å². The number of hydroxylamine groups is 1. The lowest BCUT2D eigenvalue weighted by Crippen LogP contribution is -2.38. The molecule has 0 bridgehead atoms. The molecule has 2 aromatic carbocycles. The quantitative estimate of drug-likeness (QED) is 0.192. The Morgan fingerprint density at radius 2 is 1.47 bits per heavy atom. The Hall–Kier alpha value is -3.03. The molecular formula is C25H32N2O5. The second kappa shape index (κ2) is 14.1. The summed E-state index contributed by atoms with van der Waals surface area (Å²) in [4.78, 5) is 34.8. The molecule has 0 spiro atoms. The van der Waals surface area contributed by atoms with E-state index in [-0.39, 0.29) is 11.7 Å². The SMILES string of the molecule is O=C(CCCCCCC(=O)NO)Cc1cccc(CN[C@@H](Cc2ccccc2)C(=O)O)c1. The zero-order valence-electron chi connectivity index (χ0n) is 18.3. The predicted molar refractivity (Wildman–Crippen MR) is 121 cm³/mol. The Kier molecular flexibility index (Phi) is 11.1. The van der Waals surface area contributed by atoms with E-state index in [2.05, 4.69) is 5.32 Å². The summed E-state index contributed by atoms with van der Waals surface area (Å²) in [5, 5.41) is 21.1. The predicted octanol–water partition coefficient (Wildman–Crippen LogP) is 3.43. The van der Waals surface area contributed by atoms with Crippen molar-refractivity contribution >= 4 is 17.7 Å².